The minimum Gasteiger partial charge on any atom is -0.363 e. The van der Waals surface area contributed by atoms with Crippen molar-refractivity contribution in [1.29, 1.82) is 0 Å². The van der Waals surface area contributed by atoms with E-state index < -0.39 is 0 Å². The number of nitrogens with zero attached hydrogens (tertiary/aromatic N) is 2. The fraction of sp³-hybridized carbons (Fsp3) is 0.588. The van der Waals surface area contributed by atoms with Crippen molar-refractivity contribution in [3.05, 3.63) is 35.9 Å². The lowest BCUT2D eigenvalue weighted by molar-refractivity contribution is 0.219. The molecule has 1 aliphatic rings. The first kappa shape index (κ1) is 16.4. The highest BCUT2D eigenvalue weighted by Gasteiger charge is 2.21. The van der Waals surface area contributed by atoms with E-state index in [-0.39, 0.29) is 0 Å². The first-order valence-corrected chi connectivity index (χ1v) is 8.90. The molecule has 1 aromatic rings. The molecule has 21 heavy (non-hydrogen) atoms. The van der Waals surface area contributed by atoms with Crippen molar-refractivity contribution in [2.24, 2.45) is 4.99 Å². The van der Waals surface area contributed by atoms with Gasteiger partial charge in [-0.1, -0.05) is 62.9 Å². The predicted octanol–water partition coefficient (Wildman–Crippen LogP) is 3.54. The SMILES string of the molecule is CCC1CN=C(NCC(c2ccccc2)N(CC)CC)S1. The molecule has 2 unspecified atom stereocenters. The molecule has 0 fully saturated rings. The quantitative estimate of drug-likeness (QED) is 0.835. The molecule has 2 atom stereocenters. The number of benzene rings is 1. The van der Waals surface area contributed by atoms with Gasteiger partial charge < -0.3 is 5.32 Å². The van der Waals surface area contributed by atoms with Crippen LogP contribution in [0.25, 0.3) is 0 Å². The van der Waals surface area contributed by atoms with Gasteiger partial charge in [0.15, 0.2) is 5.17 Å². The molecule has 0 saturated carbocycles. The topological polar surface area (TPSA) is 27.6 Å². The average Bonchev–Trinajstić information content (AvgIpc) is 3.00. The molecule has 4 heteroatoms. The van der Waals surface area contributed by atoms with E-state index in [0.29, 0.717) is 11.3 Å². The molecule has 1 N–H and O–H groups in total. The third kappa shape index (κ3) is 4.48. The lowest BCUT2D eigenvalue weighted by atomic mass is 10.1. The summed E-state index contributed by atoms with van der Waals surface area (Å²) in [7, 11) is 0. The highest BCUT2D eigenvalue weighted by Crippen LogP contribution is 2.24. The summed E-state index contributed by atoms with van der Waals surface area (Å²) in [5.41, 5.74) is 1.38. The minimum absolute atomic E-state index is 0.408. The zero-order valence-corrected chi connectivity index (χ0v) is 14.2. The molecule has 0 spiro atoms. The summed E-state index contributed by atoms with van der Waals surface area (Å²) in [5.74, 6) is 0. The molecule has 0 amide bonds. The van der Waals surface area contributed by atoms with Crippen LogP contribution in [0.1, 0.15) is 38.8 Å². The Hall–Kier alpha value is -1.00. The first-order valence-electron chi connectivity index (χ1n) is 8.02. The second kappa shape index (κ2) is 8.44. The average molecular weight is 305 g/mol. The van der Waals surface area contributed by atoms with Crippen LogP contribution in [0.4, 0.5) is 0 Å². The van der Waals surface area contributed by atoms with Crippen LogP contribution in [-0.2, 0) is 0 Å². The van der Waals surface area contributed by atoms with E-state index in [9.17, 15) is 0 Å². The summed E-state index contributed by atoms with van der Waals surface area (Å²) in [6, 6.07) is 11.2. The van der Waals surface area contributed by atoms with E-state index >= 15 is 0 Å². The third-order valence-electron chi connectivity index (χ3n) is 4.06. The smallest absolute Gasteiger partial charge is 0.156 e. The van der Waals surface area contributed by atoms with E-state index in [2.05, 4.69) is 66.3 Å². The van der Waals surface area contributed by atoms with Gasteiger partial charge in [0.1, 0.15) is 0 Å². The molecule has 2 rings (SSSR count). The summed E-state index contributed by atoms with van der Waals surface area (Å²) in [4.78, 5) is 7.11. The zero-order valence-electron chi connectivity index (χ0n) is 13.4. The normalized spacial score (nSPS) is 19.6. The Morgan fingerprint density at radius 1 is 1.24 bits per heavy atom. The molecule has 0 aromatic heterocycles. The van der Waals surface area contributed by atoms with Crippen molar-refractivity contribution in [3.63, 3.8) is 0 Å². The van der Waals surface area contributed by atoms with Gasteiger partial charge in [-0.2, -0.15) is 0 Å². The molecule has 1 heterocycles. The number of likely N-dealkylation sites (N-methyl/N-ethyl adjacent to an activating group) is 1. The second-order valence-corrected chi connectivity index (χ2v) is 6.61. The summed E-state index contributed by atoms with van der Waals surface area (Å²) < 4.78 is 0. The van der Waals surface area contributed by atoms with Crippen LogP contribution in [0.3, 0.4) is 0 Å². The fourth-order valence-corrected chi connectivity index (χ4v) is 3.66. The van der Waals surface area contributed by atoms with Crippen LogP contribution in [0.15, 0.2) is 35.3 Å². The van der Waals surface area contributed by atoms with Crippen molar-refractivity contribution in [1.82, 2.24) is 10.2 Å². The number of thioether (sulfide) groups is 1. The minimum atomic E-state index is 0.408. The van der Waals surface area contributed by atoms with Crippen molar-refractivity contribution in [2.45, 2.75) is 38.5 Å². The maximum atomic E-state index is 4.61. The molecular weight excluding hydrogens is 278 g/mol. The Bertz CT molecular complexity index is 443. The van der Waals surface area contributed by atoms with Gasteiger partial charge in [-0.25, -0.2) is 0 Å². The van der Waals surface area contributed by atoms with Crippen LogP contribution in [0.2, 0.25) is 0 Å². The highest BCUT2D eigenvalue weighted by molar-refractivity contribution is 8.14. The molecule has 116 valence electrons. The summed E-state index contributed by atoms with van der Waals surface area (Å²) >= 11 is 1.90. The first-order chi connectivity index (χ1) is 10.3. The van der Waals surface area contributed by atoms with Gasteiger partial charge in [0, 0.05) is 11.8 Å². The Balaban J connectivity index is 2.00. The molecule has 1 aliphatic heterocycles. The van der Waals surface area contributed by atoms with E-state index in [1.165, 1.54) is 12.0 Å². The lowest BCUT2D eigenvalue weighted by Gasteiger charge is -2.30. The van der Waals surface area contributed by atoms with Crippen molar-refractivity contribution >= 4 is 16.9 Å². The summed E-state index contributed by atoms with van der Waals surface area (Å²) in [6.45, 7) is 10.7. The van der Waals surface area contributed by atoms with Gasteiger partial charge >= 0.3 is 0 Å². The molecule has 0 aliphatic carbocycles. The molecule has 0 radical (unpaired) electrons. The number of nitrogens with one attached hydrogen (secondary N) is 1. The van der Waals surface area contributed by atoms with Gasteiger partial charge in [0.25, 0.3) is 0 Å². The fourth-order valence-electron chi connectivity index (χ4n) is 2.71. The Kier molecular flexibility index (Phi) is 6.58. The molecule has 0 saturated heterocycles. The summed E-state index contributed by atoms with van der Waals surface area (Å²) in [6.07, 6.45) is 1.19. The monoisotopic (exact) mass is 305 g/mol. The van der Waals surface area contributed by atoms with E-state index in [0.717, 1.165) is 31.3 Å². The van der Waals surface area contributed by atoms with Crippen LogP contribution < -0.4 is 5.32 Å². The summed E-state index contributed by atoms with van der Waals surface area (Å²) in [5, 5.41) is 5.35. The molecular formula is C17H27N3S. The molecule has 0 bridgehead atoms. The molecule has 3 nitrogen and oxygen atoms in total. The molecule has 1 aromatic carbocycles. The van der Waals surface area contributed by atoms with Crippen LogP contribution >= 0.6 is 11.8 Å². The zero-order chi connectivity index (χ0) is 15.1. The Labute approximate surface area is 133 Å². The van der Waals surface area contributed by atoms with Gasteiger partial charge in [0.2, 0.25) is 0 Å². The Morgan fingerprint density at radius 3 is 2.52 bits per heavy atom. The number of rotatable bonds is 7. The van der Waals surface area contributed by atoms with Gasteiger partial charge in [0.05, 0.1) is 12.6 Å². The van der Waals surface area contributed by atoms with Gasteiger partial charge in [-0.05, 0) is 25.1 Å². The number of hydrogen-bond donors (Lipinski definition) is 1. The number of amidine groups is 1. The van der Waals surface area contributed by atoms with Crippen LogP contribution in [0, 0.1) is 0 Å². The van der Waals surface area contributed by atoms with Crippen molar-refractivity contribution in [2.75, 3.05) is 26.2 Å². The predicted molar refractivity (Wildman–Crippen MR) is 94.1 cm³/mol. The number of hydrogen-bond acceptors (Lipinski definition) is 4. The van der Waals surface area contributed by atoms with Crippen molar-refractivity contribution in [3.8, 4) is 0 Å². The lowest BCUT2D eigenvalue weighted by Crippen LogP contribution is -2.37. The maximum absolute atomic E-state index is 4.61. The van der Waals surface area contributed by atoms with Crippen LogP contribution in [0.5, 0.6) is 0 Å². The largest absolute Gasteiger partial charge is 0.363 e. The van der Waals surface area contributed by atoms with Gasteiger partial charge in [-0.3, -0.25) is 9.89 Å². The third-order valence-corrected chi connectivity index (χ3v) is 5.37. The maximum Gasteiger partial charge on any atom is 0.156 e. The van der Waals surface area contributed by atoms with Gasteiger partial charge in [-0.15, -0.1) is 0 Å². The second-order valence-electron chi connectivity index (χ2n) is 5.32. The Morgan fingerprint density at radius 2 is 1.95 bits per heavy atom. The van der Waals surface area contributed by atoms with E-state index in [1.807, 2.05) is 11.8 Å². The van der Waals surface area contributed by atoms with Crippen LogP contribution in [-0.4, -0.2) is 41.5 Å². The number of aliphatic imine (C=N–C) groups is 1. The van der Waals surface area contributed by atoms with E-state index in [4.69, 9.17) is 0 Å². The standard InChI is InChI=1S/C17H27N3S/c1-4-15-12-18-17(21-15)19-13-16(20(5-2)6-3)14-10-8-7-9-11-14/h7-11,15-16H,4-6,12-13H2,1-3H3,(H,18,19). The van der Waals surface area contributed by atoms with E-state index in [1.54, 1.807) is 0 Å². The highest BCUT2D eigenvalue weighted by atomic mass is 32.2. The van der Waals surface area contributed by atoms with Crippen molar-refractivity contribution < 1.29 is 0 Å².